The van der Waals surface area contributed by atoms with Gasteiger partial charge in [0.05, 0.1) is 9.52 Å². The standard InChI is InChI=1S/C76H98Si/c1-45(2)56-29-23-30-57(46(3)4)70(56)64-37-27-38-65(71-58(47(5)6)31-24-32-59(71)48(7)8)68(64)43-53-41-55(75(17,18)19)42-54(74(53)77-76(20,21)22)44-69-66(72-60(49(9)10)33-25-34-61(72)50(11)12)39-28-40-67(69)73-62(51(13)14)35-26-36-63(73)52(15)16/h23-42,45-52H,43-44H2,1-22H3. The zero-order valence-corrected chi connectivity index (χ0v) is 53.1. The Balaban J connectivity index is 1.68. The van der Waals surface area contributed by atoms with Gasteiger partial charge < -0.3 is 0 Å². The number of benzene rings is 7. The molecule has 0 nitrogen and oxygen atoms in total. The summed E-state index contributed by atoms with van der Waals surface area (Å²) in [6.45, 7) is 52.9. The number of hydrogen-bond acceptors (Lipinski definition) is 0. The summed E-state index contributed by atoms with van der Waals surface area (Å²) in [5.74, 6) is 2.94. The lowest BCUT2D eigenvalue weighted by atomic mass is 9.76. The van der Waals surface area contributed by atoms with Crippen LogP contribution in [0.3, 0.4) is 0 Å². The van der Waals surface area contributed by atoms with E-state index in [0.29, 0.717) is 56.9 Å². The molecule has 1 heteroatoms. The van der Waals surface area contributed by atoms with E-state index in [0.717, 1.165) is 12.8 Å². The maximum atomic E-state index is 2.66. The van der Waals surface area contributed by atoms with E-state index in [1.54, 1.807) is 0 Å². The van der Waals surface area contributed by atoms with E-state index < -0.39 is 0 Å². The van der Waals surface area contributed by atoms with E-state index in [1.807, 2.05) is 0 Å². The van der Waals surface area contributed by atoms with Crippen molar-refractivity contribution >= 4 is 14.7 Å². The van der Waals surface area contributed by atoms with Gasteiger partial charge in [-0.15, -0.1) is 0 Å². The molecule has 0 aromatic heterocycles. The second-order valence-corrected chi connectivity index (χ2v) is 29.5. The van der Waals surface area contributed by atoms with Crippen LogP contribution in [0.5, 0.6) is 0 Å². The average molecular weight is 1040 g/mol. The van der Waals surface area contributed by atoms with Gasteiger partial charge in [0.15, 0.2) is 0 Å². The first-order valence-corrected chi connectivity index (χ1v) is 30.8. The third-order valence-electron chi connectivity index (χ3n) is 16.3. The van der Waals surface area contributed by atoms with E-state index in [-0.39, 0.29) is 10.5 Å². The minimum absolute atomic E-state index is 0.0473. The van der Waals surface area contributed by atoms with Gasteiger partial charge in [-0.05, 0) is 187 Å². The lowest BCUT2D eigenvalue weighted by Gasteiger charge is -2.30. The molecular weight excluding hydrogens is 941 g/mol. The van der Waals surface area contributed by atoms with Crippen molar-refractivity contribution in [2.24, 2.45) is 0 Å². The predicted octanol–water partition coefficient (Wildman–Crippen LogP) is 22.4. The zero-order valence-electron chi connectivity index (χ0n) is 52.1. The largest absolute Gasteiger partial charge is 0.0876 e. The Morgan fingerprint density at radius 2 is 0.519 bits per heavy atom. The highest BCUT2D eigenvalue weighted by Crippen LogP contribution is 2.48. The van der Waals surface area contributed by atoms with Gasteiger partial charge in [-0.1, -0.05) is 279 Å². The molecule has 7 aromatic carbocycles. The summed E-state index contributed by atoms with van der Waals surface area (Å²) in [6, 6.07) is 48.5. The molecule has 0 saturated carbocycles. The topological polar surface area (TPSA) is 0 Å². The van der Waals surface area contributed by atoms with Gasteiger partial charge in [0.25, 0.3) is 0 Å². The third kappa shape index (κ3) is 12.8. The summed E-state index contributed by atoms with van der Waals surface area (Å²) in [6.07, 6.45) is 1.68. The Kier molecular flexibility index (Phi) is 18.5. The molecular formula is C76H98Si. The lowest BCUT2D eigenvalue weighted by Crippen LogP contribution is -2.32. The second kappa shape index (κ2) is 24.0. The van der Waals surface area contributed by atoms with E-state index >= 15 is 0 Å². The van der Waals surface area contributed by atoms with Crippen molar-refractivity contribution in [3.63, 3.8) is 0 Å². The number of hydrogen-bond donors (Lipinski definition) is 0. The van der Waals surface area contributed by atoms with Crippen LogP contribution in [0.15, 0.2) is 121 Å². The fourth-order valence-electron chi connectivity index (χ4n) is 12.3. The quantitative estimate of drug-likeness (QED) is 0.0798. The summed E-state index contributed by atoms with van der Waals surface area (Å²) >= 11 is 0. The Labute approximate surface area is 473 Å². The average Bonchev–Trinajstić information content (AvgIpc) is 3.35. The molecule has 7 rings (SSSR count). The molecule has 0 heterocycles. The number of rotatable bonds is 17. The molecule has 0 N–H and O–H groups in total. The maximum absolute atomic E-state index is 2.66. The molecule has 0 aliphatic heterocycles. The predicted molar refractivity (Wildman–Crippen MR) is 343 cm³/mol. The summed E-state index contributed by atoms with van der Waals surface area (Å²) in [5.41, 5.74) is 30.0. The van der Waals surface area contributed by atoms with Crippen molar-refractivity contribution in [2.75, 3.05) is 0 Å². The van der Waals surface area contributed by atoms with Gasteiger partial charge in [-0.2, -0.15) is 0 Å². The SMILES string of the molecule is CC(C)c1cccc(C(C)C)c1-c1cccc(-c2c(C(C)C)cccc2C(C)C)c1Cc1cc(C(C)(C)C)cc(Cc2c(-c3c(C(C)C)cccc3C(C)C)cccc2-c2c(C(C)C)cccc2C(C)C)c1[Si]C(C)(C)C. The molecule has 2 radical (unpaired) electrons. The monoisotopic (exact) mass is 1040 g/mol. The van der Waals surface area contributed by atoms with E-state index in [1.165, 1.54) is 122 Å². The second-order valence-electron chi connectivity index (χ2n) is 27.3. The molecule has 0 unspecified atom stereocenters. The third-order valence-corrected chi connectivity index (χ3v) is 18.0. The highest BCUT2D eigenvalue weighted by Gasteiger charge is 2.30. The van der Waals surface area contributed by atoms with Crippen LogP contribution in [-0.4, -0.2) is 9.52 Å². The van der Waals surface area contributed by atoms with Crippen molar-refractivity contribution in [2.45, 2.75) is 223 Å². The van der Waals surface area contributed by atoms with Crippen LogP contribution in [0, 0.1) is 0 Å². The minimum Gasteiger partial charge on any atom is -0.0627 e. The molecule has 0 saturated heterocycles. The smallest absolute Gasteiger partial charge is 0.0627 e. The summed E-state index contributed by atoms with van der Waals surface area (Å²) in [4.78, 5) is 0. The van der Waals surface area contributed by atoms with E-state index in [2.05, 4.69) is 274 Å². The Morgan fingerprint density at radius 3 is 0.701 bits per heavy atom. The molecule has 0 amide bonds. The van der Waals surface area contributed by atoms with Crippen LogP contribution in [0.1, 0.15) is 272 Å². The van der Waals surface area contributed by atoms with Crippen LogP contribution < -0.4 is 5.19 Å². The first-order chi connectivity index (χ1) is 36.1. The van der Waals surface area contributed by atoms with Gasteiger partial charge in [0.2, 0.25) is 0 Å². The Bertz CT molecular complexity index is 2720. The Morgan fingerprint density at radius 1 is 0.312 bits per heavy atom. The summed E-state index contributed by atoms with van der Waals surface area (Å²) in [5, 5.41) is 1.59. The first kappa shape index (κ1) is 59.4. The van der Waals surface area contributed by atoms with Gasteiger partial charge in [0, 0.05) is 0 Å². The van der Waals surface area contributed by atoms with Crippen LogP contribution in [0.25, 0.3) is 44.5 Å². The normalized spacial score (nSPS) is 12.6. The fraction of sp³-hybridized carbons (Fsp3) is 0.447. The molecule has 7 aromatic rings. The van der Waals surface area contributed by atoms with Crippen molar-refractivity contribution in [1.29, 1.82) is 0 Å². The molecule has 406 valence electrons. The molecule has 0 spiro atoms. The fourth-order valence-corrected chi connectivity index (χ4v) is 13.7. The van der Waals surface area contributed by atoms with Gasteiger partial charge >= 0.3 is 0 Å². The van der Waals surface area contributed by atoms with Crippen molar-refractivity contribution in [3.8, 4) is 44.5 Å². The lowest BCUT2D eigenvalue weighted by molar-refractivity contribution is 0.589. The molecule has 0 aliphatic carbocycles. The molecule has 0 atom stereocenters. The molecule has 0 fully saturated rings. The van der Waals surface area contributed by atoms with Crippen LogP contribution in [-0.2, 0) is 18.3 Å². The van der Waals surface area contributed by atoms with Crippen LogP contribution in [0.2, 0.25) is 5.04 Å². The van der Waals surface area contributed by atoms with Crippen LogP contribution >= 0.6 is 0 Å². The molecule has 0 bridgehead atoms. The first-order valence-electron chi connectivity index (χ1n) is 29.8. The van der Waals surface area contributed by atoms with Crippen molar-refractivity contribution in [1.82, 2.24) is 0 Å². The molecule has 0 aliphatic rings. The van der Waals surface area contributed by atoms with Crippen molar-refractivity contribution < 1.29 is 0 Å². The minimum atomic E-state index is -0.0915. The van der Waals surface area contributed by atoms with Gasteiger partial charge in [-0.25, -0.2) is 0 Å². The van der Waals surface area contributed by atoms with Crippen LogP contribution in [0.4, 0.5) is 0 Å². The summed E-state index contributed by atoms with van der Waals surface area (Å²) < 4.78 is 0. The molecule has 77 heavy (non-hydrogen) atoms. The highest BCUT2D eigenvalue weighted by molar-refractivity contribution is 6.57. The highest BCUT2D eigenvalue weighted by atomic mass is 28.2. The van der Waals surface area contributed by atoms with E-state index in [4.69, 9.17) is 0 Å². The van der Waals surface area contributed by atoms with Gasteiger partial charge in [-0.3, -0.25) is 0 Å². The van der Waals surface area contributed by atoms with Crippen molar-refractivity contribution in [3.05, 3.63) is 194 Å². The van der Waals surface area contributed by atoms with Gasteiger partial charge in [0.1, 0.15) is 0 Å². The maximum Gasteiger partial charge on any atom is 0.0876 e. The zero-order chi connectivity index (χ0) is 56.6. The summed E-state index contributed by atoms with van der Waals surface area (Å²) in [7, 11) is 0.597. The van der Waals surface area contributed by atoms with E-state index in [9.17, 15) is 0 Å². The Hall–Kier alpha value is -5.24.